The Balaban J connectivity index is 2.08. The van der Waals surface area contributed by atoms with Crippen LogP contribution in [0.25, 0.3) is 0 Å². The topological polar surface area (TPSA) is 20.3 Å². The van der Waals surface area contributed by atoms with Gasteiger partial charge in [0.15, 0.2) is 0 Å². The first kappa shape index (κ1) is 8.05. The zero-order valence-corrected chi connectivity index (χ0v) is 7.33. The van der Waals surface area contributed by atoms with E-state index in [4.69, 9.17) is 0 Å². The van der Waals surface area contributed by atoms with Gasteiger partial charge in [0.2, 0.25) is 0 Å². The molecule has 0 aromatic rings. The van der Waals surface area contributed by atoms with Crippen molar-refractivity contribution in [2.24, 2.45) is 0 Å². The van der Waals surface area contributed by atoms with Crippen molar-refractivity contribution >= 4 is 13.6 Å². The van der Waals surface area contributed by atoms with E-state index in [0.29, 0.717) is 19.5 Å². The van der Waals surface area contributed by atoms with E-state index in [-0.39, 0.29) is 0 Å². The number of piperidine rings is 1. The number of carbonyl (C=O) groups excluding carboxylic acids is 1. The van der Waals surface area contributed by atoms with Gasteiger partial charge in [-0.15, -0.1) is 0 Å². The van der Waals surface area contributed by atoms with Crippen LogP contribution in [0, 0.1) is 0 Å². The van der Waals surface area contributed by atoms with Gasteiger partial charge in [-0.1, -0.05) is 12.2 Å². The molecule has 0 aromatic heterocycles. The zero-order valence-electron chi connectivity index (χ0n) is 7.33. The van der Waals surface area contributed by atoms with Crippen LogP contribution < -0.4 is 0 Å². The van der Waals surface area contributed by atoms with Gasteiger partial charge >= 0.3 is 0 Å². The molecule has 0 aliphatic carbocycles. The second-order valence-electron chi connectivity index (χ2n) is 3.91. The fourth-order valence-corrected chi connectivity index (χ4v) is 2.59. The van der Waals surface area contributed by atoms with E-state index in [1.807, 2.05) is 0 Å². The fraction of sp³-hybridized carbons (Fsp3) is 0.667. The predicted molar refractivity (Wildman–Crippen MR) is 50.9 cm³/mol. The largest absolute Gasteiger partial charge is 0.333 e. The molecule has 2 unspecified atom stereocenters. The minimum absolute atomic E-state index is 0.626. The van der Waals surface area contributed by atoms with Crippen LogP contribution in [0.15, 0.2) is 12.2 Å². The molecule has 12 heavy (non-hydrogen) atoms. The summed E-state index contributed by atoms with van der Waals surface area (Å²) in [5.41, 5.74) is 1.38. The Bertz CT molecular complexity index is 201. The summed E-state index contributed by atoms with van der Waals surface area (Å²) < 4.78 is 0. The van der Waals surface area contributed by atoms with Gasteiger partial charge in [-0.25, -0.2) is 0 Å². The number of carbonyl (C=O) groups is 1. The van der Waals surface area contributed by atoms with Crippen LogP contribution in [0.1, 0.15) is 25.7 Å². The van der Waals surface area contributed by atoms with Gasteiger partial charge in [-0.05, 0) is 25.7 Å². The molecule has 0 saturated carbocycles. The van der Waals surface area contributed by atoms with Crippen LogP contribution in [0.2, 0.25) is 0 Å². The lowest BCUT2D eigenvalue weighted by molar-refractivity contribution is 0.296. The maximum absolute atomic E-state index is 10.4. The van der Waals surface area contributed by atoms with E-state index >= 15 is 0 Å². The molecule has 2 bridgehead atoms. The average molecular weight is 163 g/mol. The SMILES string of the molecule is C=C1CC2CCC(C1)N2BC=O. The lowest BCUT2D eigenvalue weighted by Gasteiger charge is -2.34. The fourth-order valence-electron chi connectivity index (χ4n) is 2.59. The van der Waals surface area contributed by atoms with Crippen molar-refractivity contribution in [2.45, 2.75) is 37.8 Å². The van der Waals surface area contributed by atoms with Gasteiger partial charge < -0.3 is 9.61 Å². The summed E-state index contributed by atoms with van der Waals surface area (Å²) in [6.45, 7) is 4.03. The first-order chi connectivity index (χ1) is 5.81. The van der Waals surface area contributed by atoms with E-state index in [0.717, 1.165) is 19.0 Å². The van der Waals surface area contributed by atoms with Crippen LogP contribution in [0.4, 0.5) is 0 Å². The molecule has 0 amide bonds. The van der Waals surface area contributed by atoms with Crippen molar-refractivity contribution in [2.75, 3.05) is 0 Å². The van der Waals surface area contributed by atoms with Crippen molar-refractivity contribution in [1.29, 1.82) is 0 Å². The number of hydrogen-bond acceptors (Lipinski definition) is 2. The Morgan fingerprint density at radius 2 is 2.00 bits per heavy atom. The Morgan fingerprint density at radius 3 is 2.50 bits per heavy atom. The molecule has 2 heterocycles. The van der Waals surface area contributed by atoms with Crippen LogP contribution >= 0.6 is 0 Å². The van der Waals surface area contributed by atoms with E-state index in [9.17, 15) is 4.79 Å². The Morgan fingerprint density at radius 1 is 1.42 bits per heavy atom. The van der Waals surface area contributed by atoms with Crippen molar-refractivity contribution in [1.82, 2.24) is 4.81 Å². The van der Waals surface area contributed by atoms with Crippen LogP contribution in [-0.2, 0) is 4.79 Å². The molecule has 2 fully saturated rings. The second-order valence-corrected chi connectivity index (χ2v) is 3.91. The standard InChI is InChI=1S/C9H14BNO/c1-7-4-8-2-3-9(5-7)11(8)10-6-12/h6,8-10H,1-5H2. The monoisotopic (exact) mass is 163 g/mol. The highest BCUT2D eigenvalue weighted by atomic mass is 16.1. The summed E-state index contributed by atoms with van der Waals surface area (Å²) in [4.78, 5) is 12.8. The third-order valence-electron chi connectivity index (χ3n) is 3.11. The van der Waals surface area contributed by atoms with Gasteiger partial charge in [0, 0.05) is 12.1 Å². The molecule has 0 spiro atoms. The number of fused-ring (bicyclic) bond motifs is 2. The first-order valence-corrected chi connectivity index (χ1v) is 4.67. The highest BCUT2D eigenvalue weighted by Crippen LogP contribution is 2.36. The molecule has 0 radical (unpaired) electrons. The van der Waals surface area contributed by atoms with Crippen molar-refractivity contribution in [3.63, 3.8) is 0 Å². The lowest BCUT2D eigenvalue weighted by atomic mass is 9.85. The number of rotatable bonds is 2. The van der Waals surface area contributed by atoms with E-state index in [1.54, 1.807) is 0 Å². The molecule has 2 aliphatic heterocycles. The highest BCUT2D eigenvalue weighted by Gasteiger charge is 2.37. The summed E-state index contributed by atoms with van der Waals surface area (Å²) in [5, 5.41) is 0. The Hall–Kier alpha value is -0.565. The minimum atomic E-state index is 0.626. The summed E-state index contributed by atoms with van der Waals surface area (Å²) in [6.07, 6.45) is 5.78. The molecular formula is C9H14BNO. The molecule has 2 rings (SSSR count). The van der Waals surface area contributed by atoms with Crippen molar-refractivity contribution in [3.05, 3.63) is 12.2 Å². The van der Waals surface area contributed by atoms with Crippen molar-refractivity contribution in [3.8, 4) is 0 Å². The first-order valence-electron chi connectivity index (χ1n) is 4.67. The highest BCUT2D eigenvalue weighted by molar-refractivity contribution is 6.64. The third-order valence-corrected chi connectivity index (χ3v) is 3.11. The van der Waals surface area contributed by atoms with E-state index in [2.05, 4.69) is 11.4 Å². The Kier molecular flexibility index (Phi) is 2.05. The molecule has 64 valence electrons. The van der Waals surface area contributed by atoms with Gasteiger partial charge in [0.1, 0.15) is 0 Å². The normalized spacial score (nSPS) is 35.2. The predicted octanol–water partition coefficient (Wildman–Crippen LogP) is 0.711. The van der Waals surface area contributed by atoms with Gasteiger partial charge in [-0.2, -0.15) is 0 Å². The molecule has 3 heteroatoms. The third kappa shape index (κ3) is 1.22. The van der Waals surface area contributed by atoms with Gasteiger partial charge in [-0.3, -0.25) is 0 Å². The number of hydrogen-bond donors (Lipinski definition) is 0. The maximum Gasteiger partial charge on any atom is 0.281 e. The van der Waals surface area contributed by atoms with Crippen molar-refractivity contribution < 1.29 is 4.79 Å². The number of nitrogens with zero attached hydrogens (tertiary/aromatic N) is 1. The quantitative estimate of drug-likeness (QED) is 0.339. The second kappa shape index (κ2) is 3.06. The summed E-state index contributed by atoms with van der Waals surface area (Å²) in [5.74, 6) is 0. The molecule has 2 nitrogen and oxygen atoms in total. The summed E-state index contributed by atoms with van der Waals surface area (Å²) >= 11 is 0. The Labute approximate surface area is 73.9 Å². The van der Waals surface area contributed by atoms with E-state index < -0.39 is 0 Å². The van der Waals surface area contributed by atoms with Gasteiger partial charge in [0.05, 0.1) is 6.19 Å². The minimum Gasteiger partial charge on any atom is -0.333 e. The van der Waals surface area contributed by atoms with E-state index in [1.165, 1.54) is 18.4 Å². The summed E-state index contributed by atoms with van der Waals surface area (Å²) in [7, 11) is 0.628. The lowest BCUT2D eigenvalue weighted by Crippen LogP contribution is -2.43. The smallest absolute Gasteiger partial charge is 0.281 e. The average Bonchev–Trinajstić information content (AvgIpc) is 2.32. The summed E-state index contributed by atoms with van der Waals surface area (Å²) in [6, 6.07) is 1.25. The molecule has 2 atom stereocenters. The maximum atomic E-state index is 10.4. The molecular weight excluding hydrogens is 149 g/mol. The van der Waals surface area contributed by atoms with Crippen LogP contribution in [0.5, 0.6) is 0 Å². The zero-order chi connectivity index (χ0) is 8.55. The molecule has 2 aliphatic rings. The molecule has 0 aromatic carbocycles. The van der Waals surface area contributed by atoms with Gasteiger partial charge in [0.25, 0.3) is 7.41 Å². The molecule has 0 N–H and O–H groups in total. The van der Waals surface area contributed by atoms with Crippen LogP contribution in [-0.4, -0.2) is 30.5 Å². The molecule has 2 saturated heterocycles. The van der Waals surface area contributed by atoms with Crippen LogP contribution in [0.3, 0.4) is 0 Å².